The largest absolute Gasteiger partial charge is 0.325 e. The minimum atomic E-state index is -4.11. The summed E-state index contributed by atoms with van der Waals surface area (Å²) in [7, 11) is -7.97. The smallest absolute Gasteiger partial charge is 0.269 e. The Morgan fingerprint density at radius 2 is 1.65 bits per heavy atom. The molecule has 2 N–H and O–H groups in total. The van der Waals surface area contributed by atoms with Crippen molar-refractivity contribution in [3.63, 3.8) is 0 Å². The van der Waals surface area contributed by atoms with Crippen LogP contribution in [0.3, 0.4) is 0 Å². The van der Waals surface area contributed by atoms with E-state index in [1.54, 1.807) is 25.1 Å². The van der Waals surface area contributed by atoms with E-state index in [9.17, 15) is 26.4 Å². The number of carbonyl (C=O) groups is 2. The Kier molecular flexibility index (Phi) is 5.92. The number of anilines is 2. The standard InChI is InChI=1S/C23H21N3O6S2/c1-15-7-12-20(16(2)13-15)25-33(29,30)18-10-8-17(9-11-18)24-22(27)14-26-23(28)19-5-3-4-6-21(19)34(26,31)32/h3-13,25H,14H2,1-2H3,(H,24,27). The molecule has 11 heteroatoms. The molecule has 3 aromatic carbocycles. The van der Waals surface area contributed by atoms with E-state index in [-0.39, 0.29) is 21.0 Å². The van der Waals surface area contributed by atoms with Gasteiger partial charge in [-0.2, -0.15) is 0 Å². The Bertz CT molecular complexity index is 1510. The number of hydrogen-bond acceptors (Lipinski definition) is 6. The van der Waals surface area contributed by atoms with E-state index in [1.165, 1.54) is 42.5 Å². The van der Waals surface area contributed by atoms with Crippen molar-refractivity contribution in [2.45, 2.75) is 23.6 Å². The maximum Gasteiger partial charge on any atom is 0.269 e. The molecule has 1 aliphatic heterocycles. The van der Waals surface area contributed by atoms with Crippen molar-refractivity contribution in [2.24, 2.45) is 0 Å². The highest BCUT2D eigenvalue weighted by atomic mass is 32.2. The molecule has 0 fully saturated rings. The number of fused-ring (bicyclic) bond motifs is 1. The highest BCUT2D eigenvalue weighted by Gasteiger charge is 2.41. The van der Waals surface area contributed by atoms with Crippen LogP contribution >= 0.6 is 0 Å². The molecular formula is C23H21N3O6S2. The van der Waals surface area contributed by atoms with Gasteiger partial charge in [0.05, 0.1) is 16.1 Å². The SMILES string of the molecule is Cc1ccc(NS(=O)(=O)c2ccc(NC(=O)CN3C(=O)c4ccccc4S3(=O)=O)cc2)c(C)c1. The number of nitrogens with one attached hydrogen (secondary N) is 2. The van der Waals surface area contributed by atoms with Gasteiger partial charge in [0.2, 0.25) is 5.91 Å². The Balaban J connectivity index is 1.45. The van der Waals surface area contributed by atoms with Gasteiger partial charge in [-0.15, -0.1) is 0 Å². The molecule has 0 saturated carbocycles. The van der Waals surface area contributed by atoms with Gasteiger partial charge in [-0.3, -0.25) is 14.3 Å². The first-order valence-corrected chi connectivity index (χ1v) is 13.1. The molecule has 0 unspecified atom stereocenters. The molecule has 0 radical (unpaired) electrons. The first-order valence-electron chi connectivity index (χ1n) is 10.2. The van der Waals surface area contributed by atoms with Gasteiger partial charge < -0.3 is 5.32 Å². The van der Waals surface area contributed by atoms with E-state index in [1.807, 2.05) is 13.0 Å². The molecule has 0 aliphatic carbocycles. The topological polar surface area (TPSA) is 130 Å². The van der Waals surface area contributed by atoms with Crippen molar-refractivity contribution in [2.75, 3.05) is 16.6 Å². The van der Waals surface area contributed by atoms with Gasteiger partial charge in [-0.25, -0.2) is 21.1 Å². The lowest BCUT2D eigenvalue weighted by atomic mass is 10.1. The summed E-state index contributed by atoms with van der Waals surface area (Å²) >= 11 is 0. The van der Waals surface area contributed by atoms with E-state index in [4.69, 9.17) is 0 Å². The molecule has 1 heterocycles. The van der Waals surface area contributed by atoms with Gasteiger partial charge in [-0.1, -0.05) is 29.8 Å². The Hall–Kier alpha value is -3.70. The molecule has 0 spiro atoms. The quantitative estimate of drug-likeness (QED) is 0.536. The van der Waals surface area contributed by atoms with Crippen LogP contribution in [0, 0.1) is 13.8 Å². The second kappa shape index (κ2) is 8.58. The van der Waals surface area contributed by atoms with Crippen LogP contribution in [0.25, 0.3) is 0 Å². The number of carbonyl (C=O) groups excluding carboxylic acids is 2. The zero-order chi connectivity index (χ0) is 24.7. The van der Waals surface area contributed by atoms with Crippen LogP contribution in [-0.2, 0) is 24.8 Å². The summed E-state index contributed by atoms with van der Waals surface area (Å²) in [4.78, 5) is 24.7. The summed E-state index contributed by atoms with van der Waals surface area (Å²) < 4.78 is 53.6. The maximum atomic E-state index is 12.7. The fourth-order valence-corrected chi connectivity index (χ4v) is 6.22. The van der Waals surface area contributed by atoms with Crippen LogP contribution in [-0.4, -0.2) is 39.5 Å². The fraction of sp³-hybridized carbons (Fsp3) is 0.130. The molecule has 0 aromatic heterocycles. The average molecular weight is 500 g/mol. The molecular weight excluding hydrogens is 478 g/mol. The van der Waals surface area contributed by atoms with E-state index in [0.29, 0.717) is 9.99 Å². The predicted octanol–water partition coefficient (Wildman–Crippen LogP) is 2.89. The van der Waals surface area contributed by atoms with E-state index >= 15 is 0 Å². The van der Waals surface area contributed by atoms with Crippen LogP contribution < -0.4 is 10.0 Å². The second-order valence-electron chi connectivity index (χ2n) is 7.81. The number of nitrogens with zero attached hydrogens (tertiary/aromatic N) is 1. The number of hydrogen-bond donors (Lipinski definition) is 2. The molecule has 1 aliphatic rings. The lowest BCUT2D eigenvalue weighted by molar-refractivity contribution is -0.116. The van der Waals surface area contributed by atoms with Gasteiger partial charge in [0.1, 0.15) is 11.4 Å². The first-order chi connectivity index (χ1) is 16.0. The third-order valence-electron chi connectivity index (χ3n) is 5.27. The number of benzene rings is 3. The number of sulfonamides is 2. The van der Waals surface area contributed by atoms with Crippen molar-refractivity contribution >= 4 is 43.2 Å². The summed E-state index contributed by atoms with van der Waals surface area (Å²) in [5, 5.41) is 2.49. The minimum Gasteiger partial charge on any atom is -0.325 e. The van der Waals surface area contributed by atoms with Crippen molar-refractivity contribution in [1.29, 1.82) is 0 Å². The van der Waals surface area contributed by atoms with Crippen LogP contribution in [0.1, 0.15) is 21.5 Å². The summed E-state index contributed by atoms with van der Waals surface area (Å²) in [6.07, 6.45) is 0. The Labute approximate surface area is 197 Å². The molecule has 176 valence electrons. The third kappa shape index (κ3) is 4.39. The average Bonchev–Trinajstić information content (AvgIpc) is 2.97. The van der Waals surface area contributed by atoms with Crippen LogP contribution in [0.4, 0.5) is 11.4 Å². The number of rotatable bonds is 6. The van der Waals surface area contributed by atoms with Crippen LogP contribution in [0.15, 0.2) is 76.5 Å². The molecule has 9 nitrogen and oxygen atoms in total. The van der Waals surface area contributed by atoms with Crippen molar-refractivity contribution in [3.05, 3.63) is 83.4 Å². The molecule has 3 aromatic rings. The molecule has 0 bridgehead atoms. The normalized spacial score (nSPS) is 14.5. The summed E-state index contributed by atoms with van der Waals surface area (Å²) in [6, 6.07) is 16.5. The van der Waals surface area contributed by atoms with Crippen molar-refractivity contribution in [1.82, 2.24) is 4.31 Å². The molecule has 0 atom stereocenters. The highest BCUT2D eigenvalue weighted by molar-refractivity contribution is 7.92. The van der Waals surface area contributed by atoms with Crippen molar-refractivity contribution < 1.29 is 26.4 Å². The van der Waals surface area contributed by atoms with E-state index < -0.39 is 38.4 Å². The van der Waals surface area contributed by atoms with Crippen LogP contribution in [0.5, 0.6) is 0 Å². The Morgan fingerprint density at radius 3 is 2.29 bits per heavy atom. The second-order valence-corrected chi connectivity index (χ2v) is 11.3. The van der Waals surface area contributed by atoms with Crippen molar-refractivity contribution in [3.8, 4) is 0 Å². The van der Waals surface area contributed by atoms with Gasteiger partial charge in [0.25, 0.3) is 26.0 Å². The monoisotopic (exact) mass is 499 g/mol. The lowest BCUT2D eigenvalue weighted by Gasteiger charge is -2.15. The van der Waals surface area contributed by atoms with Gasteiger partial charge in [0.15, 0.2) is 0 Å². The van der Waals surface area contributed by atoms with Gasteiger partial charge in [0, 0.05) is 5.69 Å². The molecule has 4 rings (SSSR count). The zero-order valence-electron chi connectivity index (χ0n) is 18.3. The van der Waals surface area contributed by atoms with Crippen LogP contribution in [0.2, 0.25) is 0 Å². The molecule has 2 amide bonds. The predicted molar refractivity (Wildman–Crippen MR) is 126 cm³/mol. The zero-order valence-corrected chi connectivity index (χ0v) is 19.9. The lowest BCUT2D eigenvalue weighted by Crippen LogP contribution is -2.37. The summed E-state index contributed by atoms with van der Waals surface area (Å²) in [5.74, 6) is -1.52. The third-order valence-corrected chi connectivity index (χ3v) is 8.44. The highest BCUT2D eigenvalue weighted by Crippen LogP contribution is 2.29. The number of aryl methyl sites for hydroxylation is 2. The fourth-order valence-electron chi connectivity index (χ4n) is 3.57. The summed E-state index contributed by atoms with van der Waals surface area (Å²) in [5.41, 5.74) is 2.51. The summed E-state index contributed by atoms with van der Waals surface area (Å²) in [6.45, 7) is 3.00. The molecule has 0 saturated heterocycles. The van der Waals surface area contributed by atoms with E-state index in [2.05, 4.69) is 10.0 Å². The van der Waals surface area contributed by atoms with Gasteiger partial charge in [-0.05, 0) is 61.9 Å². The van der Waals surface area contributed by atoms with Gasteiger partial charge >= 0.3 is 0 Å². The first kappa shape index (κ1) is 23.5. The maximum absolute atomic E-state index is 12.7. The van der Waals surface area contributed by atoms with E-state index in [0.717, 1.165) is 11.1 Å². The number of amides is 2. The Morgan fingerprint density at radius 1 is 0.971 bits per heavy atom. The molecule has 34 heavy (non-hydrogen) atoms. The minimum absolute atomic E-state index is 0.0150.